The van der Waals surface area contributed by atoms with Crippen LogP contribution in [-0.4, -0.2) is 25.0 Å². The first kappa shape index (κ1) is 12.8. The summed E-state index contributed by atoms with van der Waals surface area (Å²) in [5.41, 5.74) is 3.49. The van der Waals surface area contributed by atoms with Gasteiger partial charge in [0.25, 0.3) is 0 Å². The van der Waals surface area contributed by atoms with Gasteiger partial charge in [-0.25, -0.2) is 0 Å². The van der Waals surface area contributed by atoms with Gasteiger partial charge < -0.3 is 10.1 Å². The molecule has 0 spiro atoms. The topological polar surface area (TPSA) is 38.3 Å². The van der Waals surface area contributed by atoms with Crippen molar-refractivity contribution in [2.24, 2.45) is 0 Å². The lowest BCUT2D eigenvalue weighted by Gasteiger charge is -2.20. The molecule has 0 aliphatic carbocycles. The average Bonchev–Trinajstić information content (AvgIpc) is 2.97. The fourth-order valence-electron chi connectivity index (χ4n) is 3.09. The molecule has 1 aromatic rings. The van der Waals surface area contributed by atoms with E-state index in [1.807, 2.05) is 12.1 Å². The Morgan fingerprint density at radius 2 is 2.37 bits per heavy atom. The predicted molar refractivity (Wildman–Crippen MR) is 74.4 cm³/mol. The minimum Gasteiger partial charge on any atom is -0.378 e. The summed E-state index contributed by atoms with van der Waals surface area (Å²) in [7, 11) is 0. The lowest BCUT2D eigenvalue weighted by molar-refractivity contribution is 0.0858. The van der Waals surface area contributed by atoms with E-state index < -0.39 is 0 Å². The highest BCUT2D eigenvalue weighted by molar-refractivity contribution is 5.97. The van der Waals surface area contributed by atoms with Crippen molar-refractivity contribution in [1.82, 2.24) is 5.32 Å². The molecule has 2 aliphatic heterocycles. The van der Waals surface area contributed by atoms with E-state index in [4.69, 9.17) is 4.74 Å². The fourth-order valence-corrected chi connectivity index (χ4v) is 3.09. The summed E-state index contributed by atoms with van der Waals surface area (Å²) in [6, 6.07) is 6.12. The third-order valence-corrected chi connectivity index (χ3v) is 4.16. The molecular weight excluding hydrogens is 238 g/mol. The first-order valence-electron chi connectivity index (χ1n) is 7.31. The van der Waals surface area contributed by atoms with Crippen molar-refractivity contribution in [3.63, 3.8) is 0 Å². The van der Waals surface area contributed by atoms with E-state index in [1.165, 1.54) is 11.1 Å². The minimum atomic E-state index is 0.286. The second kappa shape index (κ2) is 5.85. The second-order valence-corrected chi connectivity index (χ2v) is 5.47. The molecule has 0 aromatic heterocycles. The highest BCUT2D eigenvalue weighted by atomic mass is 16.5. The van der Waals surface area contributed by atoms with Crippen molar-refractivity contribution in [2.75, 3.05) is 13.2 Å². The largest absolute Gasteiger partial charge is 0.378 e. The fraction of sp³-hybridized carbons (Fsp3) is 0.562. The monoisotopic (exact) mass is 259 g/mol. The lowest BCUT2D eigenvalue weighted by atomic mass is 9.91. The van der Waals surface area contributed by atoms with Crippen LogP contribution >= 0.6 is 0 Å². The van der Waals surface area contributed by atoms with Gasteiger partial charge in [-0.3, -0.25) is 4.79 Å². The standard InChI is InChI=1S/C16H21NO2/c18-16(7-6-13-4-2-10-19-13)15-5-1-3-12-11-17-9-8-14(12)15/h1,3,5,13,17H,2,4,6-11H2. The second-order valence-electron chi connectivity index (χ2n) is 5.47. The van der Waals surface area contributed by atoms with Gasteiger partial charge in [0.05, 0.1) is 6.10 Å². The van der Waals surface area contributed by atoms with E-state index >= 15 is 0 Å². The maximum absolute atomic E-state index is 12.4. The Morgan fingerprint density at radius 3 is 3.21 bits per heavy atom. The van der Waals surface area contributed by atoms with Gasteiger partial charge >= 0.3 is 0 Å². The van der Waals surface area contributed by atoms with Crippen LogP contribution in [-0.2, 0) is 17.7 Å². The van der Waals surface area contributed by atoms with Gasteiger partial charge in [0.2, 0.25) is 0 Å². The zero-order valence-corrected chi connectivity index (χ0v) is 11.3. The molecule has 3 nitrogen and oxygen atoms in total. The highest BCUT2D eigenvalue weighted by Crippen LogP contribution is 2.22. The van der Waals surface area contributed by atoms with E-state index in [1.54, 1.807) is 0 Å². The maximum Gasteiger partial charge on any atom is 0.163 e. The molecule has 3 rings (SSSR count). The highest BCUT2D eigenvalue weighted by Gasteiger charge is 2.20. The molecule has 1 aromatic carbocycles. The molecular formula is C16H21NO2. The number of ether oxygens (including phenoxy) is 1. The van der Waals surface area contributed by atoms with Gasteiger partial charge in [0.15, 0.2) is 5.78 Å². The molecule has 1 unspecified atom stereocenters. The molecule has 0 radical (unpaired) electrons. The summed E-state index contributed by atoms with van der Waals surface area (Å²) in [5, 5.41) is 3.35. The smallest absolute Gasteiger partial charge is 0.163 e. The van der Waals surface area contributed by atoms with Gasteiger partial charge in [-0.2, -0.15) is 0 Å². The van der Waals surface area contributed by atoms with Crippen molar-refractivity contribution in [1.29, 1.82) is 0 Å². The Bertz CT molecular complexity index is 464. The van der Waals surface area contributed by atoms with E-state index in [9.17, 15) is 4.79 Å². The van der Waals surface area contributed by atoms with E-state index in [2.05, 4.69) is 11.4 Å². The Hall–Kier alpha value is -1.19. The number of nitrogens with one attached hydrogen (secondary N) is 1. The Morgan fingerprint density at radius 1 is 1.42 bits per heavy atom. The van der Waals surface area contributed by atoms with Gasteiger partial charge in [-0.15, -0.1) is 0 Å². The lowest BCUT2D eigenvalue weighted by Crippen LogP contribution is -2.25. The van der Waals surface area contributed by atoms with E-state index in [0.29, 0.717) is 12.5 Å². The minimum absolute atomic E-state index is 0.286. The van der Waals surface area contributed by atoms with Gasteiger partial charge in [-0.1, -0.05) is 18.2 Å². The van der Waals surface area contributed by atoms with Crippen molar-refractivity contribution in [2.45, 2.75) is 44.8 Å². The first-order chi connectivity index (χ1) is 9.34. The number of rotatable bonds is 4. The molecule has 2 heterocycles. The molecule has 2 aliphatic rings. The SMILES string of the molecule is O=C(CCC1CCCO1)c1cccc2c1CCNC2. The van der Waals surface area contributed by atoms with Crippen molar-refractivity contribution >= 4 is 5.78 Å². The van der Waals surface area contributed by atoms with Crippen LogP contribution in [0.25, 0.3) is 0 Å². The molecule has 1 atom stereocenters. The van der Waals surface area contributed by atoms with Crippen LogP contribution in [0, 0.1) is 0 Å². The quantitative estimate of drug-likeness (QED) is 0.844. The summed E-state index contributed by atoms with van der Waals surface area (Å²) in [4.78, 5) is 12.4. The number of hydrogen-bond donors (Lipinski definition) is 1. The maximum atomic E-state index is 12.4. The summed E-state index contributed by atoms with van der Waals surface area (Å²) in [6.45, 7) is 2.73. The number of Topliss-reactive ketones (excluding diaryl/α,β-unsaturated/α-hetero) is 1. The van der Waals surface area contributed by atoms with Crippen LogP contribution in [0.2, 0.25) is 0 Å². The van der Waals surface area contributed by atoms with E-state index in [-0.39, 0.29) is 5.78 Å². The number of benzene rings is 1. The number of fused-ring (bicyclic) bond motifs is 1. The average molecular weight is 259 g/mol. The van der Waals surface area contributed by atoms with Gasteiger partial charge in [0, 0.05) is 25.1 Å². The van der Waals surface area contributed by atoms with Crippen molar-refractivity contribution in [3.05, 3.63) is 34.9 Å². The molecule has 19 heavy (non-hydrogen) atoms. The molecule has 0 amide bonds. The van der Waals surface area contributed by atoms with Crippen LogP contribution in [0.3, 0.4) is 0 Å². The number of carbonyl (C=O) groups is 1. The third-order valence-electron chi connectivity index (χ3n) is 4.16. The summed E-state index contributed by atoms with van der Waals surface area (Å²) in [6.07, 6.45) is 5.03. The van der Waals surface area contributed by atoms with Crippen LogP contribution in [0.4, 0.5) is 0 Å². The zero-order chi connectivity index (χ0) is 13.1. The number of hydrogen-bond acceptors (Lipinski definition) is 3. The molecule has 102 valence electrons. The van der Waals surface area contributed by atoms with Crippen molar-refractivity contribution < 1.29 is 9.53 Å². The van der Waals surface area contributed by atoms with Crippen LogP contribution in [0.15, 0.2) is 18.2 Å². The molecule has 1 saturated heterocycles. The summed E-state index contributed by atoms with van der Waals surface area (Å²) in [5.74, 6) is 0.286. The Labute approximate surface area is 114 Å². The van der Waals surface area contributed by atoms with Crippen LogP contribution in [0.5, 0.6) is 0 Å². The first-order valence-corrected chi connectivity index (χ1v) is 7.31. The predicted octanol–water partition coefficient (Wildman–Crippen LogP) is 2.47. The Balaban J connectivity index is 1.68. The van der Waals surface area contributed by atoms with E-state index in [0.717, 1.165) is 50.9 Å². The summed E-state index contributed by atoms with van der Waals surface area (Å²) >= 11 is 0. The summed E-state index contributed by atoms with van der Waals surface area (Å²) < 4.78 is 5.59. The zero-order valence-electron chi connectivity index (χ0n) is 11.3. The van der Waals surface area contributed by atoms with Gasteiger partial charge in [0.1, 0.15) is 0 Å². The van der Waals surface area contributed by atoms with Crippen LogP contribution in [0.1, 0.15) is 47.2 Å². The number of ketones is 1. The molecule has 0 saturated carbocycles. The molecule has 0 bridgehead atoms. The van der Waals surface area contributed by atoms with Crippen molar-refractivity contribution in [3.8, 4) is 0 Å². The molecule has 3 heteroatoms. The molecule has 1 fully saturated rings. The third kappa shape index (κ3) is 2.88. The van der Waals surface area contributed by atoms with Crippen LogP contribution < -0.4 is 5.32 Å². The number of carbonyl (C=O) groups excluding carboxylic acids is 1. The normalized spacial score (nSPS) is 22.2. The molecule has 1 N–H and O–H groups in total. The van der Waals surface area contributed by atoms with Gasteiger partial charge in [-0.05, 0) is 43.4 Å². The Kier molecular flexibility index (Phi) is 3.95.